The van der Waals surface area contributed by atoms with Crippen LogP contribution in [0.2, 0.25) is 0 Å². The van der Waals surface area contributed by atoms with Crippen LogP contribution in [0.1, 0.15) is 26.7 Å². The van der Waals surface area contributed by atoms with E-state index in [1.807, 2.05) is 0 Å². The van der Waals surface area contributed by atoms with Crippen LogP contribution in [0.25, 0.3) is 0 Å². The van der Waals surface area contributed by atoms with E-state index >= 15 is 0 Å². The van der Waals surface area contributed by atoms with Crippen LogP contribution >= 0.6 is 0 Å². The highest BCUT2D eigenvalue weighted by Crippen LogP contribution is 2.30. The lowest BCUT2D eigenvalue weighted by molar-refractivity contribution is 0.130. The van der Waals surface area contributed by atoms with Crippen molar-refractivity contribution in [2.45, 2.75) is 32.8 Å². The minimum Gasteiger partial charge on any atom is -0.393 e. The van der Waals surface area contributed by atoms with Crippen molar-refractivity contribution in [1.29, 1.82) is 0 Å². The Labute approximate surface area is 50.7 Å². The van der Waals surface area contributed by atoms with Crippen molar-refractivity contribution in [2.24, 2.45) is 11.8 Å². The van der Waals surface area contributed by atoms with Crippen LogP contribution in [0.15, 0.2) is 0 Å². The summed E-state index contributed by atoms with van der Waals surface area (Å²) in [4.78, 5) is 0. The molecule has 0 aliphatic heterocycles. The maximum Gasteiger partial charge on any atom is 0.0568 e. The van der Waals surface area contributed by atoms with Crippen molar-refractivity contribution in [2.75, 3.05) is 0 Å². The molecule has 48 valence electrons. The summed E-state index contributed by atoms with van der Waals surface area (Å²) >= 11 is 0. The van der Waals surface area contributed by atoms with E-state index in [0.717, 1.165) is 12.3 Å². The molecule has 1 fully saturated rings. The minimum absolute atomic E-state index is 0.00926. The molecule has 8 heavy (non-hydrogen) atoms. The van der Waals surface area contributed by atoms with Crippen molar-refractivity contribution in [3.05, 3.63) is 0 Å². The molecular formula is C7H14O. The van der Waals surface area contributed by atoms with Gasteiger partial charge < -0.3 is 5.11 Å². The predicted molar refractivity (Wildman–Crippen MR) is 33.6 cm³/mol. The Morgan fingerprint density at radius 3 is 2.00 bits per heavy atom. The highest BCUT2D eigenvalue weighted by molar-refractivity contribution is 4.78. The van der Waals surface area contributed by atoms with Gasteiger partial charge >= 0.3 is 0 Å². The standard InChI is InChI=1S/C7H14O/c1-5-3-4-7(8)6(5)2/h5-8H,3-4H2,1-2H3/t5?,6?,7-/m0/s1. The van der Waals surface area contributed by atoms with Crippen molar-refractivity contribution in [1.82, 2.24) is 0 Å². The third-order valence-electron chi connectivity index (χ3n) is 2.42. The molecule has 1 saturated carbocycles. The summed E-state index contributed by atoms with van der Waals surface area (Å²) in [5, 5.41) is 9.17. The maximum atomic E-state index is 9.17. The second-order valence-corrected chi connectivity index (χ2v) is 2.98. The van der Waals surface area contributed by atoms with Gasteiger partial charge in [0.2, 0.25) is 0 Å². The first-order valence-corrected chi connectivity index (χ1v) is 3.40. The van der Waals surface area contributed by atoms with Crippen molar-refractivity contribution >= 4 is 0 Å². The molecule has 2 unspecified atom stereocenters. The van der Waals surface area contributed by atoms with Gasteiger partial charge in [-0.1, -0.05) is 13.8 Å². The lowest BCUT2D eigenvalue weighted by Gasteiger charge is -2.10. The monoisotopic (exact) mass is 114 g/mol. The third kappa shape index (κ3) is 0.873. The zero-order valence-electron chi connectivity index (χ0n) is 5.59. The van der Waals surface area contributed by atoms with Gasteiger partial charge in [0.05, 0.1) is 6.10 Å². The Balaban J connectivity index is 2.44. The van der Waals surface area contributed by atoms with Gasteiger partial charge in [0.25, 0.3) is 0 Å². The summed E-state index contributed by atoms with van der Waals surface area (Å²) in [6.45, 7) is 4.34. The molecule has 1 aliphatic rings. The quantitative estimate of drug-likeness (QED) is 0.505. The average molecular weight is 114 g/mol. The SMILES string of the molecule is CC1CC[C@H](O)C1C. The summed E-state index contributed by atoms with van der Waals surface area (Å²) in [6.07, 6.45) is 2.22. The Kier molecular flexibility index (Phi) is 1.57. The van der Waals surface area contributed by atoms with Crippen LogP contribution in [0.4, 0.5) is 0 Å². The van der Waals surface area contributed by atoms with E-state index in [9.17, 15) is 0 Å². The van der Waals surface area contributed by atoms with Gasteiger partial charge in [-0.05, 0) is 24.7 Å². The first-order chi connectivity index (χ1) is 3.72. The fourth-order valence-electron chi connectivity index (χ4n) is 1.34. The first-order valence-electron chi connectivity index (χ1n) is 3.40. The number of hydrogen-bond donors (Lipinski definition) is 1. The molecule has 0 bridgehead atoms. The van der Waals surface area contributed by atoms with Gasteiger partial charge in [-0.3, -0.25) is 0 Å². The van der Waals surface area contributed by atoms with Gasteiger partial charge in [0.15, 0.2) is 0 Å². The van der Waals surface area contributed by atoms with E-state index in [1.54, 1.807) is 0 Å². The molecule has 1 rings (SSSR count). The third-order valence-corrected chi connectivity index (χ3v) is 2.42. The lowest BCUT2D eigenvalue weighted by Crippen LogP contribution is -2.12. The normalized spacial score (nSPS) is 47.6. The molecule has 1 heteroatoms. The largest absolute Gasteiger partial charge is 0.393 e. The van der Waals surface area contributed by atoms with Crippen molar-refractivity contribution in [3.63, 3.8) is 0 Å². The molecule has 0 saturated heterocycles. The first kappa shape index (κ1) is 6.09. The van der Waals surface area contributed by atoms with Crippen LogP contribution in [0, 0.1) is 11.8 Å². The summed E-state index contributed by atoms with van der Waals surface area (Å²) in [7, 11) is 0. The van der Waals surface area contributed by atoms with Gasteiger partial charge in [-0.2, -0.15) is 0 Å². The molecule has 0 heterocycles. The van der Waals surface area contributed by atoms with Crippen LogP contribution in [-0.2, 0) is 0 Å². The van der Waals surface area contributed by atoms with E-state index in [-0.39, 0.29) is 6.10 Å². The zero-order valence-corrected chi connectivity index (χ0v) is 5.59. The van der Waals surface area contributed by atoms with Crippen LogP contribution in [0.3, 0.4) is 0 Å². The highest BCUT2D eigenvalue weighted by atomic mass is 16.3. The molecule has 1 N–H and O–H groups in total. The summed E-state index contributed by atoms with van der Waals surface area (Å²) in [6, 6.07) is 0. The molecule has 3 atom stereocenters. The van der Waals surface area contributed by atoms with E-state index in [0.29, 0.717) is 5.92 Å². The minimum atomic E-state index is -0.00926. The molecule has 1 nitrogen and oxygen atoms in total. The summed E-state index contributed by atoms with van der Waals surface area (Å²) in [5.41, 5.74) is 0. The molecule has 0 spiro atoms. The lowest BCUT2D eigenvalue weighted by atomic mass is 10.00. The van der Waals surface area contributed by atoms with Crippen LogP contribution in [0.5, 0.6) is 0 Å². The molecule has 0 radical (unpaired) electrons. The fourth-order valence-corrected chi connectivity index (χ4v) is 1.34. The molecule has 0 aromatic carbocycles. The van der Waals surface area contributed by atoms with E-state index in [1.165, 1.54) is 6.42 Å². The predicted octanol–water partition coefficient (Wildman–Crippen LogP) is 1.41. The van der Waals surface area contributed by atoms with Crippen molar-refractivity contribution < 1.29 is 5.11 Å². The van der Waals surface area contributed by atoms with Gasteiger partial charge in [0, 0.05) is 0 Å². The van der Waals surface area contributed by atoms with E-state index < -0.39 is 0 Å². The zero-order chi connectivity index (χ0) is 6.15. The van der Waals surface area contributed by atoms with Crippen molar-refractivity contribution in [3.8, 4) is 0 Å². The van der Waals surface area contributed by atoms with E-state index in [2.05, 4.69) is 13.8 Å². The highest BCUT2D eigenvalue weighted by Gasteiger charge is 2.27. The second-order valence-electron chi connectivity index (χ2n) is 2.98. The topological polar surface area (TPSA) is 20.2 Å². The maximum absolute atomic E-state index is 9.17. The number of rotatable bonds is 0. The summed E-state index contributed by atoms with van der Waals surface area (Å²) in [5.74, 6) is 1.28. The average Bonchev–Trinajstić information content (AvgIpc) is 1.98. The van der Waals surface area contributed by atoms with Crippen LogP contribution < -0.4 is 0 Å². The van der Waals surface area contributed by atoms with Gasteiger partial charge in [0.1, 0.15) is 0 Å². The van der Waals surface area contributed by atoms with Gasteiger partial charge in [-0.15, -0.1) is 0 Å². The van der Waals surface area contributed by atoms with Gasteiger partial charge in [-0.25, -0.2) is 0 Å². The summed E-state index contributed by atoms with van der Waals surface area (Å²) < 4.78 is 0. The molecule has 0 aromatic heterocycles. The Morgan fingerprint density at radius 1 is 1.25 bits per heavy atom. The second kappa shape index (κ2) is 2.06. The number of aliphatic hydroxyl groups is 1. The molecule has 0 amide bonds. The van der Waals surface area contributed by atoms with Crippen LogP contribution in [-0.4, -0.2) is 11.2 Å². The smallest absolute Gasteiger partial charge is 0.0568 e. The molecule has 1 aliphatic carbocycles. The molecule has 0 aromatic rings. The Hall–Kier alpha value is -0.0400. The number of hydrogen-bond acceptors (Lipinski definition) is 1. The Morgan fingerprint density at radius 2 is 1.88 bits per heavy atom. The molecular weight excluding hydrogens is 100 g/mol. The fraction of sp³-hybridized carbons (Fsp3) is 1.00. The Bertz CT molecular complexity index is 70.5. The van der Waals surface area contributed by atoms with E-state index in [4.69, 9.17) is 5.11 Å². The number of aliphatic hydroxyl groups excluding tert-OH is 1.